The van der Waals surface area contributed by atoms with Gasteiger partial charge in [-0.3, -0.25) is 0 Å². The third-order valence-electron chi connectivity index (χ3n) is 0. The summed E-state index contributed by atoms with van der Waals surface area (Å²) < 4.78 is 0. The Bertz CT molecular complexity index is 15.5. The molecular formula is AgAuCoCrCuMn. The van der Waals surface area contributed by atoms with Gasteiger partial charge in [-0.1, -0.05) is 0 Å². The number of hydrogen-bond donors (Lipinski definition) is 0. The van der Waals surface area contributed by atoms with E-state index in [9.17, 15) is 0 Å². The molecule has 55 valence electrons. The van der Waals surface area contributed by atoms with Crippen LogP contribution in [0.5, 0.6) is 0 Å². The molecule has 0 saturated carbocycles. The van der Waals surface area contributed by atoms with E-state index in [0.29, 0.717) is 0 Å². The summed E-state index contributed by atoms with van der Waals surface area (Å²) in [5, 5.41) is 0. The summed E-state index contributed by atoms with van der Waals surface area (Å²) in [5.41, 5.74) is 0. The van der Waals surface area contributed by atoms with Crippen molar-refractivity contribution >= 4 is 0 Å². The molecule has 6 heavy (non-hydrogen) atoms. The average Bonchev–Trinajstić information content (AvgIpc) is 0. The van der Waals surface area contributed by atoms with Crippen LogP contribution in [0.4, 0.5) is 0 Å². The fourth-order valence-corrected chi connectivity index (χ4v) is 0. The molecule has 0 aromatic heterocycles. The van der Waals surface area contributed by atoms with Gasteiger partial charge < -0.3 is 0 Å². The second kappa shape index (κ2) is 38.6. The first-order valence-corrected chi connectivity index (χ1v) is 0. The number of hydrogen-bond acceptors (Lipinski definition) is 0. The zero-order chi connectivity index (χ0) is 0. The minimum atomic E-state index is 0. The third-order valence-corrected chi connectivity index (χ3v) is 0. The first-order chi connectivity index (χ1) is 0. The van der Waals surface area contributed by atoms with Crippen LogP contribution in [0.25, 0.3) is 0 Å². The van der Waals surface area contributed by atoms with Crippen molar-refractivity contribution in [2.24, 2.45) is 0 Å². The van der Waals surface area contributed by atoms with E-state index in [1.54, 1.807) is 0 Å². The number of rotatable bonds is 0. The van der Waals surface area contributed by atoms with Crippen LogP contribution in [0.15, 0.2) is 0 Å². The smallest absolute Gasteiger partial charge is 0 e. The molecule has 0 aromatic carbocycles. The molecule has 0 nitrogen and oxygen atoms in total. The van der Waals surface area contributed by atoms with Gasteiger partial charge in [-0.2, -0.15) is 0 Å². The molecule has 0 bridgehead atoms. The monoisotopic (exact) mass is 533 g/mol. The van der Waals surface area contributed by atoms with E-state index in [-0.39, 0.29) is 113 Å². The van der Waals surface area contributed by atoms with Crippen LogP contribution in [-0.2, 0) is 113 Å². The summed E-state index contributed by atoms with van der Waals surface area (Å²) in [5.74, 6) is 0. The van der Waals surface area contributed by atoms with Crippen molar-refractivity contribution in [3.05, 3.63) is 0 Å². The quantitative estimate of drug-likeness (QED) is 0.384. The molecule has 0 atom stereocenters. The van der Waals surface area contributed by atoms with Crippen LogP contribution in [0.2, 0.25) is 0 Å². The first-order valence-electron chi connectivity index (χ1n) is 0. The second-order valence-corrected chi connectivity index (χ2v) is 0. The van der Waals surface area contributed by atoms with Crippen molar-refractivity contribution < 1.29 is 113 Å². The van der Waals surface area contributed by atoms with Crippen LogP contribution in [0.3, 0.4) is 0 Å². The fraction of sp³-hybridized carbons (Fsp3) is 0. The van der Waals surface area contributed by atoms with E-state index < -0.39 is 0 Å². The van der Waals surface area contributed by atoms with Crippen LogP contribution in [0.1, 0.15) is 0 Å². The summed E-state index contributed by atoms with van der Waals surface area (Å²) in [6, 6.07) is 0. The van der Waals surface area contributed by atoms with Crippen molar-refractivity contribution in [2.45, 2.75) is 0 Å². The van der Waals surface area contributed by atoms with Gasteiger partial charge in [0.1, 0.15) is 0 Å². The molecule has 0 fully saturated rings. The zero-order valence-corrected chi connectivity index (χ0v) is 10.1. The molecule has 0 heterocycles. The molecule has 5 radical (unpaired) electrons. The van der Waals surface area contributed by atoms with Gasteiger partial charge in [-0.25, -0.2) is 0 Å². The molecule has 0 spiro atoms. The van der Waals surface area contributed by atoms with Crippen molar-refractivity contribution in [3.8, 4) is 0 Å². The van der Waals surface area contributed by atoms with E-state index in [4.69, 9.17) is 0 Å². The van der Waals surface area contributed by atoms with Crippen molar-refractivity contribution in [1.29, 1.82) is 0 Å². The summed E-state index contributed by atoms with van der Waals surface area (Å²) in [4.78, 5) is 0. The van der Waals surface area contributed by atoms with Gasteiger partial charge >= 0.3 is 0 Å². The Morgan fingerprint density at radius 1 is 1.00 bits per heavy atom. The van der Waals surface area contributed by atoms with Crippen LogP contribution < -0.4 is 0 Å². The van der Waals surface area contributed by atoms with Gasteiger partial charge in [0.25, 0.3) is 0 Å². The average molecular weight is 534 g/mol. The molecule has 0 aliphatic heterocycles. The molecule has 0 N–H and O–H groups in total. The molecule has 0 saturated heterocycles. The SMILES string of the molecule is [Ag].[Au].[Co].[Cr].[Cu].[Mn]. The normalized spacial score (nSPS) is 0. The Hall–Kier alpha value is 3.56. The molecule has 6 heteroatoms. The molecule has 0 aliphatic carbocycles. The summed E-state index contributed by atoms with van der Waals surface area (Å²) in [6.45, 7) is 0. The van der Waals surface area contributed by atoms with E-state index in [1.165, 1.54) is 0 Å². The van der Waals surface area contributed by atoms with E-state index in [1.807, 2.05) is 0 Å². The maximum Gasteiger partial charge on any atom is 0 e. The Morgan fingerprint density at radius 2 is 1.00 bits per heavy atom. The van der Waals surface area contributed by atoms with Crippen LogP contribution in [-0.4, -0.2) is 0 Å². The summed E-state index contributed by atoms with van der Waals surface area (Å²) >= 11 is 0. The molecule has 0 aromatic rings. The largest absolute Gasteiger partial charge is 0 e. The maximum absolute atomic E-state index is 0. The molecule has 0 rings (SSSR count). The maximum atomic E-state index is 0. The van der Waals surface area contributed by atoms with Gasteiger partial charge in [-0.05, 0) is 0 Å². The Balaban J connectivity index is 0. The Morgan fingerprint density at radius 3 is 1.00 bits per heavy atom. The second-order valence-electron chi connectivity index (χ2n) is 0. The minimum absolute atomic E-state index is 0. The van der Waals surface area contributed by atoms with Crippen LogP contribution >= 0.6 is 0 Å². The molecular weight excluding hydrogens is 534 g/mol. The van der Waals surface area contributed by atoms with Gasteiger partial charge in [0.05, 0.1) is 0 Å². The summed E-state index contributed by atoms with van der Waals surface area (Å²) in [6.07, 6.45) is 0. The van der Waals surface area contributed by atoms with Gasteiger partial charge in [0.15, 0.2) is 0 Å². The predicted molar refractivity (Wildman–Crippen MR) is 0 cm³/mol. The molecule has 0 aliphatic rings. The van der Waals surface area contributed by atoms with Gasteiger partial charge in [-0.15, -0.1) is 0 Å². The Labute approximate surface area is 111 Å². The predicted octanol–water partition coefficient (Wildman–Crippen LogP) is -0.0150. The van der Waals surface area contributed by atoms with Gasteiger partial charge in [0, 0.05) is 113 Å². The third kappa shape index (κ3) is 25.7. The first kappa shape index (κ1) is 55.3. The van der Waals surface area contributed by atoms with E-state index >= 15 is 0 Å². The Kier molecular flexibility index (Phi) is 356. The van der Waals surface area contributed by atoms with Crippen LogP contribution in [0, 0.1) is 0 Å². The van der Waals surface area contributed by atoms with Gasteiger partial charge in [0.2, 0.25) is 0 Å². The minimum Gasteiger partial charge on any atom is 0 e. The van der Waals surface area contributed by atoms with Crippen molar-refractivity contribution in [2.75, 3.05) is 0 Å². The summed E-state index contributed by atoms with van der Waals surface area (Å²) in [7, 11) is 0. The zero-order valence-electron chi connectivity index (χ0n) is 2.02. The van der Waals surface area contributed by atoms with Crippen molar-refractivity contribution in [1.82, 2.24) is 0 Å². The standard InChI is InChI=1S/Ag.Au.Co.Cr.Cu.Mn. The fourth-order valence-electron chi connectivity index (χ4n) is 0. The molecule has 0 unspecified atom stereocenters. The molecule has 0 amide bonds. The van der Waals surface area contributed by atoms with Crippen molar-refractivity contribution in [3.63, 3.8) is 0 Å². The topological polar surface area (TPSA) is 0 Å². The van der Waals surface area contributed by atoms with E-state index in [0.717, 1.165) is 0 Å². The van der Waals surface area contributed by atoms with E-state index in [2.05, 4.69) is 0 Å².